The van der Waals surface area contributed by atoms with Gasteiger partial charge in [0.25, 0.3) is 0 Å². The van der Waals surface area contributed by atoms with Gasteiger partial charge in [-0.2, -0.15) is 0 Å². The Bertz CT molecular complexity index is 785. The number of cyclic esters (lactones) is 1. The van der Waals surface area contributed by atoms with Crippen LogP contribution in [0.15, 0.2) is 12.1 Å². The molecule has 0 spiro atoms. The minimum Gasteiger partial charge on any atom is -0.444 e. The molecule has 3 aliphatic rings. The van der Waals surface area contributed by atoms with Crippen molar-refractivity contribution in [3.63, 3.8) is 0 Å². The number of hydrogen-bond donors (Lipinski definition) is 0. The summed E-state index contributed by atoms with van der Waals surface area (Å²) < 4.78 is 59.4. The maximum atomic E-state index is 14.7. The van der Waals surface area contributed by atoms with Gasteiger partial charge in [0.2, 0.25) is 0 Å². The van der Waals surface area contributed by atoms with Crippen molar-refractivity contribution in [3.8, 4) is 0 Å². The number of piperazine rings is 1. The molecule has 0 unspecified atom stereocenters. The second kappa shape index (κ2) is 7.59. The highest BCUT2D eigenvalue weighted by molar-refractivity contribution is 7.51. The van der Waals surface area contributed by atoms with Gasteiger partial charge in [0.15, 0.2) is 11.6 Å². The van der Waals surface area contributed by atoms with Gasteiger partial charge in [-0.25, -0.2) is 22.8 Å². The Morgan fingerprint density at radius 1 is 1.07 bits per heavy atom. The van der Waals surface area contributed by atoms with E-state index >= 15 is 0 Å². The lowest BCUT2D eigenvalue weighted by atomic mass is 10.2. The van der Waals surface area contributed by atoms with Crippen molar-refractivity contribution in [1.82, 2.24) is 4.67 Å². The number of benzene rings is 1. The second-order valence-electron chi connectivity index (χ2n) is 6.99. The Hall–Kier alpha value is -1.74. The Kier molecular flexibility index (Phi) is 5.30. The van der Waals surface area contributed by atoms with E-state index in [0.717, 1.165) is 12.1 Å². The SMILES string of the molecule is C[C@H]1CN(c2cc(F)c(N3CCN(P4(=O)OCCCO4)CC3)c(F)c2)C(=O)O1. The molecule has 1 aromatic carbocycles. The molecule has 1 aromatic rings. The molecule has 0 radical (unpaired) electrons. The number of amides is 1. The smallest absolute Gasteiger partial charge is 0.414 e. The minimum atomic E-state index is -3.30. The van der Waals surface area contributed by atoms with Crippen molar-refractivity contribution in [2.45, 2.75) is 19.4 Å². The molecular weight excluding hydrogens is 395 g/mol. The third-order valence-electron chi connectivity index (χ3n) is 4.99. The van der Waals surface area contributed by atoms with Crippen LogP contribution in [-0.4, -0.2) is 62.8 Å². The van der Waals surface area contributed by atoms with E-state index in [1.54, 1.807) is 16.5 Å². The molecule has 0 aromatic heterocycles. The largest absolute Gasteiger partial charge is 0.444 e. The van der Waals surface area contributed by atoms with E-state index in [4.69, 9.17) is 13.8 Å². The first-order chi connectivity index (χ1) is 13.4. The van der Waals surface area contributed by atoms with Crippen LogP contribution in [0.1, 0.15) is 13.3 Å². The molecule has 1 amide bonds. The quantitative estimate of drug-likeness (QED) is 0.701. The summed E-state index contributed by atoms with van der Waals surface area (Å²) in [5, 5.41) is 0. The van der Waals surface area contributed by atoms with Gasteiger partial charge in [-0.15, -0.1) is 0 Å². The number of ether oxygens (including phenoxy) is 1. The first kappa shape index (κ1) is 19.6. The van der Waals surface area contributed by atoms with Crippen LogP contribution in [0.5, 0.6) is 0 Å². The number of anilines is 2. The fraction of sp³-hybridized carbons (Fsp3) is 0.588. The summed E-state index contributed by atoms with van der Waals surface area (Å²) in [5.74, 6) is -1.51. The van der Waals surface area contributed by atoms with Gasteiger partial charge in [0.1, 0.15) is 11.8 Å². The minimum absolute atomic E-state index is 0.125. The normalized spacial score (nSPS) is 25.8. The Morgan fingerprint density at radius 2 is 1.68 bits per heavy atom. The zero-order valence-corrected chi connectivity index (χ0v) is 16.4. The van der Waals surface area contributed by atoms with Gasteiger partial charge < -0.3 is 9.64 Å². The highest BCUT2D eigenvalue weighted by atomic mass is 31.2. The topological polar surface area (TPSA) is 71.5 Å². The highest BCUT2D eigenvalue weighted by Gasteiger charge is 2.39. The van der Waals surface area contributed by atoms with Crippen LogP contribution >= 0.6 is 7.75 Å². The van der Waals surface area contributed by atoms with Crippen molar-refractivity contribution in [2.75, 3.05) is 55.7 Å². The van der Waals surface area contributed by atoms with E-state index in [1.807, 2.05) is 0 Å². The Labute approximate surface area is 161 Å². The van der Waals surface area contributed by atoms with Crippen molar-refractivity contribution in [2.24, 2.45) is 0 Å². The van der Waals surface area contributed by atoms with Crippen LogP contribution in [0.4, 0.5) is 25.0 Å². The molecule has 3 heterocycles. The van der Waals surface area contributed by atoms with Crippen LogP contribution in [0.25, 0.3) is 0 Å². The lowest BCUT2D eigenvalue weighted by Gasteiger charge is -2.39. The van der Waals surface area contributed by atoms with E-state index in [0.29, 0.717) is 32.7 Å². The summed E-state index contributed by atoms with van der Waals surface area (Å²) in [5.41, 5.74) is -0.0343. The maximum Gasteiger partial charge on any atom is 0.414 e. The summed E-state index contributed by atoms with van der Waals surface area (Å²) in [6, 6.07) is 2.28. The van der Waals surface area contributed by atoms with Gasteiger partial charge in [-0.3, -0.25) is 13.9 Å². The monoisotopic (exact) mass is 417 g/mol. The average molecular weight is 417 g/mol. The molecule has 8 nitrogen and oxygen atoms in total. The highest BCUT2D eigenvalue weighted by Crippen LogP contribution is 2.54. The van der Waals surface area contributed by atoms with Crippen LogP contribution in [-0.2, 0) is 18.3 Å². The van der Waals surface area contributed by atoms with Gasteiger partial charge in [-0.05, 0) is 13.3 Å². The number of rotatable bonds is 3. The molecule has 3 aliphatic heterocycles. The lowest BCUT2D eigenvalue weighted by Crippen LogP contribution is -2.46. The van der Waals surface area contributed by atoms with E-state index in [1.165, 1.54) is 4.90 Å². The van der Waals surface area contributed by atoms with Crippen LogP contribution in [0, 0.1) is 11.6 Å². The first-order valence-corrected chi connectivity index (χ1v) is 10.7. The fourth-order valence-electron chi connectivity index (χ4n) is 3.61. The fourth-order valence-corrected chi connectivity index (χ4v) is 5.40. The second-order valence-corrected chi connectivity index (χ2v) is 9.01. The summed E-state index contributed by atoms with van der Waals surface area (Å²) in [4.78, 5) is 14.6. The maximum absolute atomic E-state index is 14.7. The molecule has 1 atom stereocenters. The van der Waals surface area contributed by atoms with Crippen molar-refractivity contribution in [1.29, 1.82) is 0 Å². The molecule has 11 heteroatoms. The third kappa shape index (κ3) is 3.61. The zero-order valence-electron chi connectivity index (χ0n) is 15.5. The molecule has 3 saturated heterocycles. The number of carbonyl (C=O) groups excluding carboxylic acids is 1. The van der Waals surface area contributed by atoms with Crippen molar-refractivity contribution >= 4 is 25.2 Å². The van der Waals surface area contributed by atoms with E-state index in [9.17, 15) is 18.1 Å². The predicted molar refractivity (Wildman–Crippen MR) is 97.6 cm³/mol. The molecular formula is C17H22F2N3O5P. The van der Waals surface area contributed by atoms with Gasteiger partial charge in [-0.1, -0.05) is 0 Å². The van der Waals surface area contributed by atoms with Gasteiger partial charge in [0.05, 0.1) is 25.4 Å². The molecule has 28 heavy (non-hydrogen) atoms. The summed E-state index contributed by atoms with van der Waals surface area (Å²) in [6.07, 6.45) is -0.265. The molecule has 0 saturated carbocycles. The van der Waals surface area contributed by atoms with Gasteiger partial charge in [0, 0.05) is 38.3 Å². The average Bonchev–Trinajstić information content (AvgIpc) is 3.00. The van der Waals surface area contributed by atoms with Crippen LogP contribution < -0.4 is 9.80 Å². The molecule has 0 N–H and O–H groups in total. The zero-order chi connectivity index (χ0) is 19.9. The Morgan fingerprint density at radius 3 is 2.21 bits per heavy atom. The number of hydrogen-bond acceptors (Lipinski definition) is 6. The van der Waals surface area contributed by atoms with Crippen LogP contribution in [0.2, 0.25) is 0 Å². The van der Waals surface area contributed by atoms with Gasteiger partial charge >= 0.3 is 13.8 Å². The van der Waals surface area contributed by atoms with E-state index in [2.05, 4.69) is 0 Å². The summed E-state index contributed by atoms with van der Waals surface area (Å²) in [7, 11) is -3.30. The molecule has 3 fully saturated rings. The lowest BCUT2D eigenvalue weighted by molar-refractivity contribution is 0.107. The number of nitrogens with zero attached hydrogens (tertiary/aromatic N) is 3. The molecule has 0 bridgehead atoms. The van der Waals surface area contributed by atoms with Crippen molar-refractivity contribution < 1.29 is 31.9 Å². The summed E-state index contributed by atoms with van der Waals surface area (Å²) >= 11 is 0. The number of halogens is 2. The first-order valence-electron chi connectivity index (χ1n) is 9.24. The third-order valence-corrected chi connectivity index (χ3v) is 7.10. The molecule has 0 aliphatic carbocycles. The molecule has 4 rings (SSSR count). The Balaban J connectivity index is 1.48. The van der Waals surface area contributed by atoms with E-state index in [-0.39, 0.29) is 37.1 Å². The van der Waals surface area contributed by atoms with Crippen molar-refractivity contribution in [3.05, 3.63) is 23.8 Å². The van der Waals surface area contributed by atoms with E-state index < -0.39 is 25.5 Å². The summed E-state index contributed by atoms with van der Waals surface area (Å²) in [6.45, 7) is 3.84. The van der Waals surface area contributed by atoms with Crippen LogP contribution in [0.3, 0.4) is 0 Å². The predicted octanol–water partition coefficient (Wildman–Crippen LogP) is 2.98. The standard InChI is InChI=1S/C17H22F2N3O5P/c1-12-11-22(17(23)27-12)13-9-14(18)16(15(19)10-13)20-3-5-21(6-4-20)28(24)25-7-2-8-26-28/h9-10,12H,2-8,11H2,1H3/t12-/m0/s1. The molecule has 154 valence electrons. The number of carbonyl (C=O) groups is 1.